The van der Waals surface area contributed by atoms with Crippen molar-refractivity contribution in [2.24, 2.45) is 0 Å². The van der Waals surface area contributed by atoms with E-state index >= 15 is 0 Å². The van der Waals surface area contributed by atoms with Crippen LogP contribution in [0.5, 0.6) is 5.75 Å². The molecule has 0 spiro atoms. The molecule has 0 saturated carbocycles. The Morgan fingerprint density at radius 2 is 1.87 bits per heavy atom. The van der Waals surface area contributed by atoms with Crippen LogP contribution in [0.3, 0.4) is 0 Å². The van der Waals surface area contributed by atoms with E-state index in [1.165, 1.54) is 11.1 Å². The van der Waals surface area contributed by atoms with Gasteiger partial charge in [0.05, 0.1) is 5.69 Å². The van der Waals surface area contributed by atoms with Crippen LogP contribution >= 0.6 is 0 Å². The van der Waals surface area contributed by atoms with Crippen molar-refractivity contribution in [3.05, 3.63) is 77.7 Å². The first-order chi connectivity index (χ1) is 15.0. The summed E-state index contributed by atoms with van der Waals surface area (Å²) < 4.78 is 0. The summed E-state index contributed by atoms with van der Waals surface area (Å²) in [6, 6.07) is 18.2. The molecule has 0 radical (unpaired) electrons. The number of nitrogens with zero attached hydrogens (tertiary/aromatic N) is 3. The fourth-order valence-electron chi connectivity index (χ4n) is 4.16. The zero-order chi connectivity index (χ0) is 21.7. The van der Waals surface area contributed by atoms with Gasteiger partial charge in [-0.25, -0.2) is 9.97 Å². The number of hydrogen-bond acceptors (Lipinski definition) is 5. The van der Waals surface area contributed by atoms with E-state index in [9.17, 15) is 5.11 Å². The number of aromatic hydroxyl groups is 1. The van der Waals surface area contributed by atoms with E-state index in [1.54, 1.807) is 12.1 Å². The van der Waals surface area contributed by atoms with Gasteiger partial charge >= 0.3 is 0 Å². The van der Waals surface area contributed by atoms with Gasteiger partial charge in [-0.2, -0.15) is 0 Å². The highest BCUT2D eigenvalue weighted by Gasteiger charge is 2.29. The van der Waals surface area contributed by atoms with Crippen LogP contribution in [-0.4, -0.2) is 45.1 Å². The normalized spacial score (nSPS) is 16.3. The molecule has 0 amide bonds. The number of aromatic nitrogens is 2. The molecule has 1 aliphatic rings. The minimum Gasteiger partial charge on any atom is -0.508 e. The van der Waals surface area contributed by atoms with Crippen LogP contribution in [0.1, 0.15) is 37.2 Å². The molecule has 1 aliphatic heterocycles. The number of hydrogen-bond donors (Lipinski definition) is 2. The fourth-order valence-corrected chi connectivity index (χ4v) is 4.16. The molecule has 1 fully saturated rings. The number of benzene rings is 2. The lowest BCUT2D eigenvalue weighted by Crippen LogP contribution is -2.57. The summed E-state index contributed by atoms with van der Waals surface area (Å²) in [6.07, 6.45) is 4.63. The van der Waals surface area contributed by atoms with E-state index in [0.717, 1.165) is 62.5 Å². The van der Waals surface area contributed by atoms with Gasteiger partial charge in [0.25, 0.3) is 0 Å². The Hall–Kier alpha value is -2.76. The molecule has 0 bridgehead atoms. The van der Waals surface area contributed by atoms with Crippen molar-refractivity contribution >= 4 is 0 Å². The lowest BCUT2D eigenvalue weighted by atomic mass is 9.98. The summed E-state index contributed by atoms with van der Waals surface area (Å²) in [5.41, 5.74) is 4.83. The summed E-state index contributed by atoms with van der Waals surface area (Å²) in [4.78, 5) is 11.9. The van der Waals surface area contributed by atoms with Crippen molar-refractivity contribution < 1.29 is 5.11 Å². The third-order valence-electron chi connectivity index (χ3n) is 6.08. The van der Waals surface area contributed by atoms with E-state index in [-0.39, 0.29) is 5.54 Å². The average molecular weight is 417 g/mol. The van der Waals surface area contributed by atoms with Gasteiger partial charge in [0, 0.05) is 49.9 Å². The zero-order valence-corrected chi connectivity index (χ0v) is 18.5. The van der Waals surface area contributed by atoms with Crippen LogP contribution < -0.4 is 5.32 Å². The van der Waals surface area contributed by atoms with E-state index in [0.29, 0.717) is 5.75 Å². The maximum Gasteiger partial charge on any atom is 0.128 e. The van der Waals surface area contributed by atoms with Gasteiger partial charge in [-0.3, -0.25) is 4.90 Å². The molecular formula is C26H32N4O. The van der Waals surface area contributed by atoms with Crippen molar-refractivity contribution in [3.8, 4) is 17.0 Å². The number of phenolic OH excluding ortho intramolecular Hbond substituents is 1. The molecule has 1 saturated heterocycles. The first-order valence-electron chi connectivity index (χ1n) is 11.1. The van der Waals surface area contributed by atoms with Crippen LogP contribution in [0.15, 0.2) is 60.8 Å². The Morgan fingerprint density at radius 1 is 1.03 bits per heavy atom. The number of rotatable bonds is 7. The second-order valence-electron chi connectivity index (χ2n) is 8.99. The standard InChI is InChI=1S/C26H32N4O/c1-26(2)19-27-15-16-30(26)18-21-6-3-7-22(17-21)24-13-14-28-25(29-24)8-4-5-20-9-11-23(31)12-10-20/h3,6-7,9-14,17,27,31H,4-5,8,15-16,18-19H2,1-2H3. The summed E-state index contributed by atoms with van der Waals surface area (Å²) >= 11 is 0. The quantitative estimate of drug-likeness (QED) is 0.604. The largest absolute Gasteiger partial charge is 0.508 e. The Bertz CT molecular complexity index is 1000. The number of aryl methyl sites for hydroxylation is 2. The van der Waals surface area contributed by atoms with Crippen molar-refractivity contribution in [3.63, 3.8) is 0 Å². The smallest absolute Gasteiger partial charge is 0.128 e. The van der Waals surface area contributed by atoms with E-state index in [4.69, 9.17) is 4.98 Å². The summed E-state index contributed by atoms with van der Waals surface area (Å²) in [6.45, 7) is 8.69. The molecule has 2 heterocycles. The van der Waals surface area contributed by atoms with Crippen LogP contribution in [0.2, 0.25) is 0 Å². The Labute approximate surface area is 185 Å². The highest BCUT2D eigenvalue weighted by molar-refractivity contribution is 5.59. The topological polar surface area (TPSA) is 61.3 Å². The second kappa shape index (κ2) is 9.58. The Kier molecular flexibility index (Phi) is 6.64. The van der Waals surface area contributed by atoms with Gasteiger partial charge in [0.1, 0.15) is 11.6 Å². The third-order valence-corrected chi connectivity index (χ3v) is 6.08. The van der Waals surface area contributed by atoms with Crippen molar-refractivity contribution in [2.75, 3.05) is 19.6 Å². The van der Waals surface area contributed by atoms with Crippen LogP contribution in [0, 0.1) is 0 Å². The molecule has 31 heavy (non-hydrogen) atoms. The molecule has 5 nitrogen and oxygen atoms in total. The maximum atomic E-state index is 9.41. The van der Waals surface area contributed by atoms with Crippen molar-refractivity contribution in [1.82, 2.24) is 20.2 Å². The van der Waals surface area contributed by atoms with Crippen LogP contribution in [0.4, 0.5) is 0 Å². The van der Waals surface area contributed by atoms with E-state index in [2.05, 4.69) is 53.3 Å². The summed E-state index contributed by atoms with van der Waals surface area (Å²) in [5, 5.41) is 12.9. The zero-order valence-electron chi connectivity index (χ0n) is 18.5. The Balaban J connectivity index is 1.41. The van der Waals surface area contributed by atoms with Gasteiger partial charge in [0.15, 0.2) is 0 Å². The van der Waals surface area contributed by atoms with Crippen LogP contribution in [-0.2, 0) is 19.4 Å². The second-order valence-corrected chi connectivity index (χ2v) is 8.99. The predicted molar refractivity (Wildman–Crippen MR) is 125 cm³/mol. The van der Waals surface area contributed by atoms with E-state index < -0.39 is 0 Å². The number of nitrogens with one attached hydrogen (secondary N) is 1. The summed E-state index contributed by atoms with van der Waals surface area (Å²) in [5.74, 6) is 1.19. The SMILES string of the molecule is CC1(C)CNCCN1Cc1cccc(-c2ccnc(CCCc3ccc(O)cc3)n2)c1. The van der Waals surface area contributed by atoms with E-state index in [1.807, 2.05) is 24.4 Å². The first-order valence-corrected chi connectivity index (χ1v) is 11.1. The molecule has 0 unspecified atom stereocenters. The lowest BCUT2D eigenvalue weighted by Gasteiger charge is -2.43. The third kappa shape index (κ3) is 5.69. The highest BCUT2D eigenvalue weighted by atomic mass is 16.3. The van der Waals surface area contributed by atoms with Gasteiger partial charge in [-0.05, 0) is 62.1 Å². The maximum absolute atomic E-state index is 9.41. The fraction of sp³-hybridized carbons (Fsp3) is 0.385. The first kappa shape index (κ1) is 21.5. The molecule has 1 aromatic heterocycles. The molecular weight excluding hydrogens is 384 g/mol. The van der Waals surface area contributed by atoms with Crippen molar-refractivity contribution in [1.29, 1.82) is 0 Å². The lowest BCUT2D eigenvalue weighted by molar-refractivity contribution is 0.0828. The predicted octanol–water partition coefficient (Wildman–Crippen LogP) is 4.21. The van der Waals surface area contributed by atoms with Gasteiger partial charge in [0.2, 0.25) is 0 Å². The minimum atomic E-state index is 0.161. The highest BCUT2D eigenvalue weighted by Crippen LogP contribution is 2.23. The minimum absolute atomic E-state index is 0.161. The van der Waals surface area contributed by atoms with Crippen molar-refractivity contribution in [2.45, 2.75) is 45.2 Å². The van der Waals surface area contributed by atoms with Gasteiger partial charge in [-0.1, -0.05) is 30.3 Å². The molecule has 162 valence electrons. The average Bonchev–Trinajstić information content (AvgIpc) is 2.77. The molecule has 5 heteroatoms. The number of phenols is 1. The Morgan fingerprint density at radius 3 is 2.68 bits per heavy atom. The molecule has 2 N–H and O–H groups in total. The number of piperazine rings is 1. The van der Waals surface area contributed by atoms with Gasteiger partial charge < -0.3 is 10.4 Å². The summed E-state index contributed by atoms with van der Waals surface area (Å²) in [7, 11) is 0. The molecule has 4 rings (SSSR count). The van der Waals surface area contributed by atoms with Gasteiger partial charge in [-0.15, -0.1) is 0 Å². The van der Waals surface area contributed by atoms with Crippen LogP contribution in [0.25, 0.3) is 11.3 Å². The molecule has 0 aliphatic carbocycles. The molecule has 3 aromatic rings. The molecule has 2 aromatic carbocycles. The molecule has 0 atom stereocenters. The monoisotopic (exact) mass is 416 g/mol.